The van der Waals surface area contributed by atoms with Crippen molar-refractivity contribution < 1.29 is 28.6 Å². The van der Waals surface area contributed by atoms with E-state index in [9.17, 15) is 14.4 Å². The Balaban J connectivity index is 1.81. The van der Waals surface area contributed by atoms with Crippen LogP contribution in [0.25, 0.3) is 6.08 Å². The standard InChI is InChI=1S/C22H23N3O6/c1-13-6-5-7-14(8-13)23-20(26)12-25-21(27)17(24-22(25)28)11-16-18(30-3)9-15(29-2)10-19(16)31-4/h5-11H,12H2,1-4H3,(H,23,26)(H,24,28). The molecule has 31 heavy (non-hydrogen) atoms. The Bertz CT molecular complexity index is 1040. The highest BCUT2D eigenvalue weighted by Crippen LogP contribution is 2.36. The van der Waals surface area contributed by atoms with E-state index < -0.39 is 24.4 Å². The number of methoxy groups -OCH3 is 3. The summed E-state index contributed by atoms with van der Waals surface area (Å²) in [4.78, 5) is 38.3. The Labute approximate surface area is 179 Å². The lowest BCUT2D eigenvalue weighted by molar-refractivity contribution is -0.127. The highest BCUT2D eigenvalue weighted by molar-refractivity contribution is 6.16. The molecule has 2 N–H and O–H groups in total. The predicted octanol–water partition coefficient (Wildman–Crippen LogP) is 2.55. The van der Waals surface area contributed by atoms with E-state index in [-0.39, 0.29) is 5.70 Å². The fraction of sp³-hybridized carbons (Fsp3) is 0.227. The van der Waals surface area contributed by atoms with Gasteiger partial charge in [0.2, 0.25) is 5.91 Å². The second-order valence-electron chi connectivity index (χ2n) is 6.74. The SMILES string of the molecule is COc1cc(OC)c(C=C2NC(=O)N(CC(=O)Nc3cccc(C)c3)C2=O)c(OC)c1. The smallest absolute Gasteiger partial charge is 0.329 e. The number of carbonyl (C=O) groups is 3. The highest BCUT2D eigenvalue weighted by Gasteiger charge is 2.35. The van der Waals surface area contributed by atoms with Gasteiger partial charge in [0.15, 0.2) is 0 Å². The van der Waals surface area contributed by atoms with Crippen molar-refractivity contribution in [3.8, 4) is 17.2 Å². The molecule has 0 atom stereocenters. The van der Waals surface area contributed by atoms with Crippen LogP contribution in [0.2, 0.25) is 0 Å². The van der Waals surface area contributed by atoms with Gasteiger partial charge in [-0.3, -0.25) is 9.59 Å². The van der Waals surface area contributed by atoms with E-state index in [1.165, 1.54) is 27.4 Å². The number of nitrogens with zero attached hydrogens (tertiary/aromatic N) is 1. The average Bonchev–Trinajstić information content (AvgIpc) is 3.01. The molecule has 0 aromatic heterocycles. The third-order valence-corrected chi connectivity index (χ3v) is 4.61. The minimum atomic E-state index is -0.693. The number of imide groups is 1. The van der Waals surface area contributed by atoms with Crippen molar-refractivity contribution in [2.45, 2.75) is 6.92 Å². The van der Waals surface area contributed by atoms with Gasteiger partial charge in [0.1, 0.15) is 29.5 Å². The van der Waals surface area contributed by atoms with Crippen molar-refractivity contribution >= 4 is 29.6 Å². The summed E-state index contributed by atoms with van der Waals surface area (Å²) in [6.45, 7) is 1.47. The van der Waals surface area contributed by atoms with Gasteiger partial charge >= 0.3 is 6.03 Å². The molecule has 0 bridgehead atoms. The fourth-order valence-electron chi connectivity index (χ4n) is 3.10. The maximum atomic E-state index is 12.8. The van der Waals surface area contributed by atoms with Crippen molar-refractivity contribution in [3.63, 3.8) is 0 Å². The Morgan fingerprint density at radius 2 is 1.74 bits per heavy atom. The molecule has 2 aromatic carbocycles. The molecule has 4 amide bonds. The Morgan fingerprint density at radius 1 is 1.06 bits per heavy atom. The number of carbonyl (C=O) groups excluding carboxylic acids is 3. The van der Waals surface area contributed by atoms with Gasteiger partial charge in [-0.05, 0) is 30.7 Å². The van der Waals surface area contributed by atoms with Gasteiger partial charge in [-0.15, -0.1) is 0 Å². The van der Waals surface area contributed by atoms with Crippen LogP contribution in [0.5, 0.6) is 17.2 Å². The summed E-state index contributed by atoms with van der Waals surface area (Å²) in [5, 5.41) is 5.17. The predicted molar refractivity (Wildman–Crippen MR) is 114 cm³/mol. The maximum Gasteiger partial charge on any atom is 0.329 e. The summed E-state index contributed by atoms with van der Waals surface area (Å²) in [5.41, 5.74) is 2.00. The Hall–Kier alpha value is -4.01. The van der Waals surface area contributed by atoms with Crippen molar-refractivity contribution in [1.29, 1.82) is 0 Å². The fourth-order valence-corrected chi connectivity index (χ4v) is 3.10. The zero-order valence-electron chi connectivity index (χ0n) is 17.6. The van der Waals surface area contributed by atoms with Crippen LogP contribution >= 0.6 is 0 Å². The van der Waals surface area contributed by atoms with Crippen LogP contribution < -0.4 is 24.8 Å². The molecule has 1 saturated heterocycles. The first kappa shape index (κ1) is 21.7. The van der Waals surface area contributed by atoms with Gasteiger partial charge in [-0.1, -0.05) is 12.1 Å². The lowest BCUT2D eigenvalue weighted by atomic mass is 10.1. The molecule has 1 heterocycles. The molecule has 0 saturated carbocycles. The number of urea groups is 1. The molecule has 162 valence electrons. The Kier molecular flexibility index (Phi) is 6.44. The van der Waals surface area contributed by atoms with E-state index in [1.807, 2.05) is 13.0 Å². The molecule has 0 radical (unpaired) electrons. The summed E-state index contributed by atoms with van der Waals surface area (Å²) >= 11 is 0. The number of nitrogens with one attached hydrogen (secondary N) is 2. The zero-order valence-corrected chi connectivity index (χ0v) is 17.6. The van der Waals surface area contributed by atoms with Crippen LogP contribution in [-0.2, 0) is 9.59 Å². The number of rotatable bonds is 7. The van der Waals surface area contributed by atoms with E-state index >= 15 is 0 Å². The number of benzene rings is 2. The summed E-state index contributed by atoms with van der Waals surface area (Å²) in [6, 6.07) is 9.77. The molecule has 0 aliphatic carbocycles. The molecule has 1 aliphatic heterocycles. The molecule has 1 fully saturated rings. The second kappa shape index (κ2) is 9.21. The van der Waals surface area contributed by atoms with Gasteiger partial charge < -0.3 is 24.8 Å². The minimum absolute atomic E-state index is 0.00452. The molecular formula is C22H23N3O6. The summed E-state index contributed by atoms with van der Waals surface area (Å²) in [6.07, 6.45) is 1.44. The van der Waals surface area contributed by atoms with Crippen molar-refractivity contribution in [3.05, 3.63) is 53.2 Å². The van der Waals surface area contributed by atoms with E-state index in [0.29, 0.717) is 28.5 Å². The van der Waals surface area contributed by atoms with E-state index in [2.05, 4.69) is 10.6 Å². The number of ether oxygens (including phenoxy) is 3. The molecule has 3 rings (SSSR count). The van der Waals surface area contributed by atoms with Crippen molar-refractivity contribution in [2.24, 2.45) is 0 Å². The topological polar surface area (TPSA) is 106 Å². The van der Waals surface area contributed by atoms with E-state index in [4.69, 9.17) is 14.2 Å². The van der Waals surface area contributed by atoms with Gasteiger partial charge in [0.25, 0.3) is 5.91 Å². The van der Waals surface area contributed by atoms with Gasteiger partial charge in [0, 0.05) is 17.8 Å². The molecule has 1 aliphatic rings. The maximum absolute atomic E-state index is 12.8. The molecule has 0 spiro atoms. The molecule has 2 aromatic rings. The molecule has 9 nitrogen and oxygen atoms in total. The lowest BCUT2D eigenvalue weighted by Gasteiger charge is -2.13. The lowest BCUT2D eigenvalue weighted by Crippen LogP contribution is -2.38. The van der Waals surface area contributed by atoms with Gasteiger partial charge in [0.05, 0.1) is 26.9 Å². The first-order valence-corrected chi connectivity index (χ1v) is 9.37. The van der Waals surface area contributed by atoms with Crippen LogP contribution in [-0.4, -0.2) is 50.6 Å². The summed E-state index contributed by atoms with van der Waals surface area (Å²) in [5.74, 6) is 0.161. The zero-order chi connectivity index (χ0) is 22.5. The van der Waals surface area contributed by atoms with Crippen LogP contribution in [0.3, 0.4) is 0 Å². The van der Waals surface area contributed by atoms with Crippen molar-refractivity contribution in [2.75, 3.05) is 33.2 Å². The molecular weight excluding hydrogens is 402 g/mol. The van der Waals surface area contributed by atoms with Crippen LogP contribution in [0.15, 0.2) is 42.1 Å². The third kappa shape index (κ3) is 4.77. The van der Waals surface area contributed by atoms with Crippen LogP contribution in [0, 0.1) is 6.92 Å². The third-order valence-electron chi connectivity index (χ3n) is 4.61. The summed E-state index contributed by atoms with van der Waals surface area (Å²) in [7, 11) is 4.44. The number of hydrogen-bond acceptors (Lipinski definition) is 6. The molecule has 0 unspecified atom stereocenters. The van der Waals surface area contributed by atoms with Crippen molar-refractivity contribution in [1.82, 2.24) is 10.2 Å². The quantitative estimate of drug-likeness (QED) is 0.522. The first-order chi connectivity index (χ1) is 14.9. The Morgan fingerprint density at radius 3 is 2.32 bits per heavy atom. The number of anilines is 1. The normalized spacial score (nSPS) is 14.5. The monoisotopic (exact) mass is 425 g/mol. The van der Waals surface area contributed by atoms with Gasteiger partial charge in [-0.2, -0.15) is 0 Å². The number of aryl methyl sites for hydroxylation is 1. The van der Waals surface area contributed by atoms with Gasteiger partial charge in [-0.25, -0.2) is 9.69 Å². The molecule has 9 heteroatoms. The minimum Gasteiger partial charge on any atom is -0.496 e. The van der Waals surface area contributed by atoms with E-state index in [0.717, 1.165) is 10.5 Å². The van der Waals surface area contributed by atoms with E-state index in [1.54, 1.807) is 30.3 Å². The second-order valence-corrected chi connectivity index (χ2v) is 6.74. The first-order valence-electron chi connectivity index (χ1n) is 9.37. The summed E-state index contributed by atoms with van der Waals surface area (Å²) < 4.78 is 15.9. The number of amides is 4. The van der Waals surface area contributed by atoms with Crippen LogP contribution in [0.4, 0.5) is 10.5 Å². The average molecular weight is 425 g/mol. The van der Waals surface area contributed by atoms with Crippen LogP contribution in [0.1, 0.15) is 11.1 Å². The number of hydrogen-bond donors (Lipinski definition) is 2. The largest absolute Gasteiger partial charge is 0.496 e. The highest BCUT2D eigenvalue weighted by atomic mass is 16.5.